The summed E-state index contributed by atoms with van der Waals surface area (Å²) in [7, 11) is -3.75. The molecule has 0 radical (unpaired) electrons. The van der Waals surface area contributed by atoms with Crippen molar-refractivity contribution in [1.29, 1.82) is 0 Å². The van der Waals surface area contributed by atoms with Crippen LogP contribution < -0.4 is 0 Å². The summed E-state index contributed by atoms with van der Waals surface area (Å²) in [5.74, 6) is 0. The van der Waals surface area contributed by atoms with Crippen LogP contribution in [0.5, 0.6) is 0 Å². The van der Waals surface area contributed by atoms with Crippen LogP contribution in [0.15, 0.2) is 64.7 Å². The van der Waals surface area contributed by atoms with Crippen molar-refractivity contribution in [2.75, 3.05) is 0 Å². The van der Waals surface area contributed by atoms with E-state index in [0.717, 1.165) is 3.97 Å². The molecule has 0 fully saturated rings. The van der Waals surface area contributed by atoms with E-state index in [-0.39, 0.29) is 4.90 Å². The van der Waals surface area contributed by atoms with E-state index < -0.39 is 15.6 Å². The van der Waals surface area contributed by atoms with Crippen molar-refractivity contribution in [3.8, 4) is 0 Å². The Morgan fingerprint density at radius 1 is 1.12 bits per heavy atom. The molecule has 0 atom stereocenters. The Balaban J connectivity index is 2.22. The van der Waals surface area contributed by atoms with Crippen LogP contribution in [0.2, 0.25) is 0 Å². The fourth-order valence-electron chi connectivity index (χ4n) is 2.39. The molecular weight excluding hydrogens is 326 g/mol. The summed E-state index contributed by atoms with van der Waals surface area (Å²) in [6, 6.07) is 13.4. The molecule has 8 heteroatoms. The molecule has 1 aromatic carbocycles. The van der Waals surface area contributed by atoms with E-state index in [0.29, 0.717) is 16.7 Å². The molecule has 3 aromatic rings. The van der Waals surface area contributed by atoms with Gasteiger partial charge in [-0.05, 0) is 49.7 Å². The van der Waals surface area contributed by atoms with E-state index in [1.807, 2.05) is 0 Å². The number of benzene rings is 1. The van der Waals surface area contributed by atoms with Crippen LogP contribution in [-0.2, 0) is 15.6 Å². The Morgan fingerprint density at radius 2 is 1.83 bits per heavy atom. The number of pyridine rings is 1. The van der Waals surface area contributed by atoms with E-state index in [1.54, 1.807) is 50.2 Å². The number of aromatic nitrogens is 2. The third-order valence-electron chi connectivity index (χ3n) is 3.73. The minimum atomic E-state index is -3.75. The van der Waals surface area contributed by atoms with Gasteiger partial charge in [0.15, 0.2) is 5.65 Å². The second-order valence-corrected chi connectivity index (χ2v) is 7.60. The Bertz CT molecular complexity index is 1050. The number of azide groups is 1. The largest absolute Gasteiger partial charge is 0.269 e. The van der Waals surface area contributed by atoms with Crippen molar-refractivity contribution >= 4 is 21.1 Å². The van der Waals surface area contributed by atoms with Crippen LogP contribution >= 0.6 is 0 Å². The van der Waals surface area contributed by atoms with Gasteiger partial charge in [-0.15, -0.1) is 0 Å². The Kier molecular flexibility index (Phi) is 3.79. The zero-order valence-electron chi connectivity index (χ0n) is 13.2. The molecule has 0 aliphatic rings. The lowest BCUT2D eigenvalue weighted by molar-refractivity contribution is 0.533. The van der Waals surface area contributed by atoms with E-state index in [2.05, 4.69) is 15.0 Å². The third-order valence-corrected chi connectivity index (χ3v) is 5.41. The minimum absolute atomic E-state index is 0.184. The highest BCUT2D eigenvalue weighted by Crippen LogP contribution is 2.27. The van der Waals surface area contributed by atoms with Gasteiger partial charge in [0, 0.05) is 16.5 Å². The molecule has 0 bridgehead atoms. The van der Waals surface area contributed by atoms with Crippen LogP contribution in [0.1, 0.15) is 19.5 Å². The normalized spacial score (nSPS) is 12.1. The highest BCUT2D eigenvalue weighted by atomic mass is 32.2. The Hall–Kier alpha value is -2.83. The molecule has 122 valence electrons. The number of hydrogen-bond acceptors (Lipinski definition) is 4. The predicted octanol–water partition coefficient (Wildman–Crippen LogP) is 3.82. The molecule has 24 heavy (non-hydrogen) atoms. The van der Waals surface area contributed by atoms with Gasteiger partial charge in [-0.2, -0.15) is 0 Å². The topological polar surface area (TPSA) is 101 Å². The van der Waals surface area contributed by atoms with Crippen LogP contribution in [0.4, 0.5) is 0 Å². The van der Waals surface area contributed by atoms with Crippen molar-refractivity contribution in [2.24, 2.45) is 5.11 Å². The van der Waals surface area contributed by atoms with Gasteiger partial charge < -0.3 is 0 Å². The fraction of sp³-hybridized carbons (Fsp3) is 0.188. The summed E-state index contributed by atoms with van der Waals surface area (Å²) in [6.07, 6.45) is 1.48. The molecule has 0 aliphatic heterocycles. The number of fused-ring (bicyclic) bond motifs is 1. The molecule has 0 N–H and O–H groups in total. The Morgan fingerprint density at radius 3 is 2.50 bits per heavy atom. The second-order valence-electron chi connectivity index (χ2n) is 5.79. The molecule has 7 nitrogen and oxygen atoms in total. The second kappa shape index (κ2) is 5.67. The summed E-state index contributed by atoms with van der Waals surface area (Å²) >= 11 is 0. The van der Waals surface area contributed by atoms with Crippen LogP contribution in [0.25, 0.3) is 21.5 Å². The first-order valence-corrected chi connectivity index (χ1v) is 8.66. The summed E-state index contributed by atoms with van der Waals surface area (Å²) in [5.41, 5.74) is 8.62. The molecule has 0 saturated heterocycles. The van der Waals surface area contributed by atoms with Gasteiger partial charge in [0.05, 0.1) is 16.1 Å². The number of nitrogens with zero attached hydrogens (tertiary/aromatic N) is 5. The van der Waals surface area contributed by atoms with Gasteiger partial charge >= 0.3 is 0 Å². The molecule has 0 spiro atoms. The van der Waals surface area contributed by atoms with Crippen LogP contribution in [0, 0.1) is 0 Å². The van der Waals surface area contributed by atoms with E-state index in [1.165, 1.54) is 18.3 Å². The lowest BCUT2D eigenvalue weighted by Crippen LogP contribution is -2.17. The molecule has 3 rings (SSSR count). The zero-order chi connectivity index (χ0) is 17.4. The number of hydrogen-bond donors (Lipinski definition) is 0. The zero-order valence-corrected chi connectivity index (χ0v) is 14.0. The van der Waals surface area contributed by atoms with Gasteiger partial charge in [0.1, 0.15) is 0 Å². The Labute approximate surface area is 139 Å². The van der Waals surface area contributed by atoms with Crippen molar-refractivity contribution in [3.63, 3.8) is 0 Å². The average molecular weight is 341 g/mol. The summed E-state index contributed by atoms with van der Waals surface area (Å²) in [4.78, 5) is 7.45. The average Bonchev–Trinajstić information content (AvgIpc) is 2.99. The van der Waals surface area contributed by atoms with Crippen molar-refractivity contribution in [2.45, 2.75) is 24.3 Å². The SMILES string of the molecule is CC(C)(N=[N+]=[N-])c1ccc2ccn(S(=O)(=O)c3ccccc3)c2n1. The third kappa shape index (κ3) is 2.62. The van der Waals surface area contributed by atoms with Gasteiger partial charge in [-0.1, -0.05) is 23.3 Å². The first-order chi connectivity index (χ1) is 11.4. The van der Waals surface area contributed by atoms with Gasteiger partial charge in [0.25, 0.3) is 10.0 Å². The van der Waals surface area contributed by atoms with Crippen molar-refractivity contribution in [3.05, 3.63) is 70.9 Å². The maximum Gasteiger partial charge on any atom is 0.269 e. The van der Waals surface area contributed by atoms with Crippen LogP contribution in [0.3, 0.4) is 0 Å². The summed E-state index contributed by atoms with van der Waals surface area (Å²) < 4.78 is 26.8. The lowest BCUT2D eigenvalue weighted by Gasteiger charge is -2.17. The standard InChI is InChI=1S/C16H15N5O2S/c1-16(2,19-20-17)14-9-8-12-10-11-21(15(12)18-14)24(22,23)13-6-4-3-5-7-13/h3-11H,1-2H3. The van der Waals surface area contributed by atoms with Crippen molar-refractivity contribution in [1.82, 2.24) is 8.96 Å². The van der Waals surface area contributed by atoms with Gasteiger partial charge in [-0.3, -0.25) is 0 Å². The van der Waals surface area contributed by atoms with E-state index in [4.69, 9.17) is 5.53 Å². The summed E-state index contributed by atoms with van der Waals surface area (Å²) in [5, 5.41) is 4.42. The summed E-state index contributed by atoms with van der Waals surface area (Å²) in [6.45, 7) is 3.44. The van der Waals surface area contributed by atoms with Gasteiger partial charge in [-0.25, -0.2) is 17.4 Å². The highest BCUT2D eigenvalue weighted by molar-refractivity contribution is 7.90. The molecule has 0 unspecified atom stereocenters. The highest BCUT2D eigenvalue weighted by Gasteiger charge is 2.24. The number of rotatable bonds is 4. The quantitative estimate of drug-likeness (QED) is 0.409. The lowest BCUT2D eigenvalue weighted by atomic mass is 10.0. The van der Waals surface area contributed by atoms with Gasteiger partial charge in [0.2, 0.25) is 0 Å². The van der Waals surface area contributed by atoms with Crippen LogP contribution in [-0.4, -0.2) is 17.4 Å². The molecule has 2 heterocycles. The molecule has 0 aliphatic carbocycles. The minimum Gasteiger partial charge on any atom is -0.233 e. The van der Waals surface area contributed by atoms with Crippen molar-refractivity contribution < 1.29 is 8.42 Å². The molecule has 0 saturated carbocycles. The van der Waals surface area contributed by atoms with E-state index in [9.17, 15) is 8.42 Å². The predicted molar refractivity (Wildman–Crippen MR) is 90.9 cm³/mol. The maximum absolute atomic E-state index is 12.8. The fourth-order valence-corrected chi connectivity index (χ4v) is 3.71. The monoisotopic (exact) mass is 341 g/mol. The molecule has 2 aromatic heterocycles. The molecule has 0 amide bonds. The van der Waals surface area contributed by atoms with E-state index >= 15 is 0 Å². The molecular formula is C16H15N5O2S. The maximum atomic E-state index is 12.8. The smallest absolute Gasteiger partial charge is 0.233 e. The first-order valence-electron chi connectivity index (χ1n) is 7.22. The first kappa shape index (κ1) is 16.0.